The Balaban J connectivity index is 2.30. The van der Waals surface area contributed by atoms with Crippen LogP contribution in [0.1, 0.15) is 43.6 Å². The molecular weight excluding hydrogens is 288 g/mol. The third kappa shape index (κ3) is 2.95. The van der Waals surface area contributed by atoms with Gasteiger partial charge in [0.05, 0.1) is 0 Å². The zero-order valence-electron chi connectivity index (χ0n) is 11.2. The fourth-order valence-electron chi connectivity index (χ4n) is 2.69. The molecule has 1 aromatic rings. The molecule has 1 heterocycles. The van der Waals surface area contributed by atoms with Crippen molar-refractivity contribution in [2.75, 3.05) is 5.88 Å². The van der Waals surface area contributed by atoms with Gasteiger partial charge in [0.25, 0.3) is 0 Å². The van der Waals surface area contributed by atoms with Gasteiger partial charge in [-0.05, 0) is 26.7 Å². The summed E-state index contributed by atoms with van der Waals surface area (Å²) in [5, 5.41) is 3.70. The first-order chi connectivity index (χ1) is 8.90. The number of nitrogens with zero attached hydrogens (tertiary/aromatic N) is 1. The molecule has 0 amide bonds. The minimum absolute atomic E-state index is 0.141. The summed E-state index contributed by atoms with van der Waals surface area (Å²) < 4.78 is 32.7. The van der Waals surface area contributed by atoms with Crippen LogP contribution in [0, 0.1) is 13.8 Å². The van der Waals surface area contributed by atoms with Gasteiger partial charge in [-0.2, -0.15) is 0 Å². The van der Waals surface area contributed by atoms with Crippen LogP contribution in [0.15, 0.2) is 9.42 Å². The van der Waals surface area contributed by atoms with Gasteiger partial charge in [-0.3, -0.25) is 0 Å². The highest BCUT2D eigenvalue weighted by atomic mass is 35.5. The number of aromatic nitrogens is 1. The molecule has 1 aliphatic rings. The maximum atomic E-state index is 12.5. The van der Waals surface area contributed by atoms with Crippen molar-refractivity contribution in [2.24, 2.45) is 0 Å². The predicted molar refractivity (Wildman–Crippen MR) is 72.8 cm³/mol. The highest BCUT2D eigenvalue weighted by Gasteiger charge is 2.37. The lowest BCUT2D eigenvalue weighted by Crippen LogP contribution is -2.51. The Bertz CT molecular complexity index is 528. The van der Waals surface area contributed by atoms with Crippen LogP contribution in [0.25, 0.3) is 0 Å². The molecule has 0 aliphatic heterocycles. The van der Waals surface area contributed by atoms with E-state index in [1.165, 1.54) is 0 Å². The Morgan fingerprint density at radius 2 is 1.95 bits per heavy atom. The molecule has 5 nitrogen and oxygen atoms in total. The van der Waals surface area contributed by atoms with Crippen LogP contribution >= 0.6 is 11.6 Å². The molecule has 1 aromatic heterocycles. The van der Waals surface area contributed by atoms with Crippen molar-refractivity contribution >= 4 is 21.6 Å². The zero-order chi connectivity index (χ0) is 14.1. The lowest BCUT2D eigenvalue weighted by atomic mass is 9.84. The van der Waals surface area contributed by atoms with E-state index in [4.69, 9.17) is 16.1 Å². The first-order valence-electron chi connectivity index (χ1n) is 6.43. The average Bonchev–Trinajstić information content (AvgIpc) is 2.70. The summed E-state index contributed by atoms with van der Waals surface area (Å²) >= 11 is 6.02. The van der Waals surface area contributed by atoms with Crippen LogP contribution in [0.3, 0.4) is 0 Å². The van der Waals surface area contributed by atoms with E-state index in [2.05, 4.69) is 9.88 Å². The van der Waals surface area contributed by atoms with Gasteiger partial charge in [-0.1, -0.05) is 24.4 Å². The molecule has 19 heavy (non-hydrogen) atoms. The normalized spacial score (nSPS) is 19.5. The van der Waals surface area contributed by atoms with Gasteiger partial charge >= 0.3 is 0 Å². The average molecular weight is 307 g/mol. The van der Waals surface area contributed by atoms with E-state index in [-0.39, 0.29) is 10.8 Å². The van der Waals surface area contributed by atoms with Gasteiger partial charge in [0.2, 0.25) is 10.0 Å². The van der Waals surface area contributed by atoms with Crippen molar-refractivity contribution in [1.82, 2.24) is 9.88 Å². The number of hydrogen-bond acceptors (Lipinski definition) is 4. The van der Waals surface area contributed by atoms with Gasteiger partial charge in [0.15, 0.2) is 5.76 Å². The summed E-state index contributed by atoms with van der Waals surface area (Å²) in [6.07, 6.45) is 4.68. The van der Waals surface area contributed by atoms with Crippen molar-refractivity contribution in [1.29, 1.82) is 0 Å². The fourth-order valence-corrected chi connectivity index (χ4v) is 4.89. The summed E-state index contributed by atoms with van der Waals surface area (Å²) in [6, 6.07) is 0. The molecule has 1 aliphatic carbocycles. The third-order valence-corrected chi connectivity index (χ3v) is 5.99. The van der Waals surface area contributed by atoms with Crippen LogP contribution in [-0.2, 0) is 10.0 Å². The Hall–Kier alpha value is -0.590. The Labute approximate surface area is 118 Å². The SMILES string of the molecule is Cc1noc(C)c1S(=O)(=O)NC1(CCl)CCCCC1. The van der Waals surface area contributed by atoms with Crippen LogP contribution in [0.2, 0.25) is 0 Å². The van der Waals surface area contributed by atoms with E-state index >= 15 is 0 Å². The lowest BCUT2D eigenvalue weighted by Gasteiger charge is -2.35. The maximum Gasteiger partial charge on any atom is 0.246 e. The summed E-state index contributed by atoms with van der Waals surface area (Å²) in [5.41, 5.74) is -0.153. The first kappa shape index (κ1) is 14.8. The van der Waals surface area contributed by atoms with Crippen molar-refractivity contribution < 1.29 is 12.9 Å². The lowest BCUT2D eigenvalue weighted by molar-refractivity contribution is 0.297. The monoisotopic (exact) mass is 306 g/mol. The summed E-state index contributed by atoms with van der Waals surface area (Å²) in [4.78, 5) is 0.141. The summed E-state index contributed by atoms with van der Waals surface area (Å²) in [6.45, 7) is 3.22. The molecular formula is C12H19ClN2O3S. The number of nitrogens with one attached hydrogen (secondary N) is 1. The molecule has 0 unspecified atom stereocenters. The minimum atomic E-state index is -3.64. The number of aryl methyl sites for hydroxylation is 2. The highest BCUT2D eigenvalue weighted by Crippen LogP contribution is 2.31. The second kappa shape index (κ2) is 5.42. The largest absolute Gasteiger partial charge is 0.360 e. The van der Waals surface area contributed by atoms with Crippen molar-refractivity contribution in [3.05, 3.63) is 11.5 Å². The second-order valence-electron chi connectivity index (χ2n) is 5.23. The molecule has 0 spiro atoms. The first-order valence-corrected chi connectivity index (χ1v) is 8.45. The maximum absolute atomic E-state index is 12.5. The van der Waals surface area contributed by atoms with Gasteiger partial charge in [0, 0.05) is 11.4 Å². The van der Waals surface area contributed by atoms with Crippen LogP contribution in [0.4, 0.5) is 0 Å². The summed E-state index contributed by atoms with van der Waals surface area (Å²) in [5.74, 6) is 0.598. The van der Waals surface area contributed by atoms with Crippen LogP contribution in [-0.4, -0.2) is 25.0 Å². The molecule has 0 bridgehead atoms. The van der Waals surface area contributed by atoms with Crippen molar-refractivity contribution in [2.45, 2.75) is 56.4 Å². The van der Waals surface area contributed by atoms with Gasteiger partial charge in [0.1, 0.15) is 10.6 Å². The predicted octanol–water partition coefficient (Wildman–Crippen LogP) is 2.51. The van der Waals surface area contributed by atoms with Crippen molar-refractivity contribution in [3.63, 3.8) is 0 Å². The van der Waals surface area contributed by atoms with Crippen LogP contribution in [0.5, 0.6) is 0 Å². The molecule has 7 heteroatoms. The van der Waals surface area contributed by atoms with E-state index in [1.807, 2.05) is 0 Å². The molecule has 0 saturated heterocycles. The van der Waals surface area contributed by atoms with E-state index in [9.17, 15) is 8.42 Å². The number of sulfonamides is 1. The minimum Gasteiger partial charge on any atom is -0.360 e. The Morgan fingerprint density at radius 3 is 2.42 bits per heavy atom. The molecule has 108 valence electrons. The molecule has 1 N–H and O–H groups in total. The smallest absolute Gasteiger partial charge is 0.246 e. The number of alkyl halides is 1. The Kier molecular flexibility index (Phi) is 4.23. The molecule has 0 radical (unpaired) electrons. The fraction of sp³-hybridized carbons (Fsp3) is 0.750. The summed E-state index contributed by atoms with van der Waals surface area (Å²) in [7, 11) is -3.64. The van der Waals surface area contributed by atoms with E-state index in [1.54, 1.807) is 13.8 Å². The van der Waals surface area contributed by atoms with E-state index in [0.29, 0.717) is 11.5 Å². The number of rotatable bonds is 4. The number of hydrogen-bond donors (Lipinski definition) is 1. The van der Waals surface area contributed by atoms with Crippen molar-refractivity contribution in [3.8, 4) is 0 Å². The molecule has 1 saturated carbocycles. The number of halogens is 1. The molecule has 0 atom stereocenters. The van der Waals surface area contributed by atoms with E-state index in [0.717, 1.165) is 32.1 Å². The van der Waals surface area contributed by atoms with E-state index < -0.39 is 15.6 Å². The highest BCUT2D eigenvalue weighted by molar-refractivity contribution is 7.89. The molecule has 0 aromatic carbocycles. The third-order valence-electron chi connectivity index (χ3n) is 3.65. The van der Waals surface area contributed by atoms with Crippen LogP contribution < -0.4 is 4.72 Å². The molecule has 2 rings (SSSR count). The molecule has 1 fully saturated rings. The standard InChI is InChI=1S/C12H19ClN2O3S/c1-9-11(10(2)18-14-9)19(16,17)15-12(8-13)6-4-3-5-7-12/h15H,3-8H2,1-2H3. The van der Waals surface area contributed by atoms with Gasteiger partial charge in [-0.25, -0.2) is 13.1 Å². The topological polar surface area (TPSA) is 72.2 Å². The zero-order valence-corrected chi connectivity index (χ0v) is 12.8. The van der Waals surface area contributed by atoms with Gasteiger partial charge < -0.3 is 4.52 Å². The quantitative estimate of drug-likeness (QED) is 0.868. The Morgan fingerprint density at radius 1 is 1.32 bits per heavy atom. The van der Waals surface area contributed by atoms with Gasteiger partial charge in [-0.15, -0.1) is 11.6 Å². The second-order valence-corrected chi connectivity index (χ2v) is 7.12.